The molecule has 7 heteroatoms. The van der Waals surface area contributed by atoms with Crippen molar-refractivity contribution >= 4 is 10.0 Å². The number of hydrogen-bond donors (Lipinski definition) is 1. The minimum atomic E-state index is -4.40. The van der Waals surface area contributed by atoms with Crippen molar-refractivity contribution in [2.75, 3.05) is 19.6 Å². The third kappa shape index (κ3) is 3.14. The van der Waals surface area contributed by atoms with Crippen LogP contribution in [0.2, 0.25) is 0 Å². The molecule has 0 bridgehead atoms. The monoisotopic (exact) mass is 268 g/mol. The van der Waals surface area contributed by atoms with Gasteiger partial charge in [-0.3, -0.25) is 0 Å². The average Bonchev–Trinajstić information content (AvgIpc) is 3.10. The van der Waals surface area contributed by atoms with Gasteiger partial charge < -0.3 is 5.32 Å². The zero-order valence-corrected chi connectivity index (χ0v) is 10.4. The Hall–Kier alpha value is -0.270. The van der Waals surface area contributed by atoms with E-state index in [4.69, 9.17) is 0 Å². The molecule has 1 aliphatic heterocycles. The second-order valence-corrected chi connectivity index (χ2v) is 6.66. The molecule has 0 aromatic heterocycles. The predicted octanol–water partition coefficient (Wildman–Crippen LogP) is 1.00. The van der Waals surface area contributed by atoms with Gasteiger partial charge in [0.2, 0.25) is 0 Å². The third-order valence-corrected chi connectivity index (χ3v) is 4.95. The average molecular weight is 268 g/mol. The summed E-state index contributed by atoms with van der Waals surface area (Å²) >= 11 is 0. The molecule has 0 atom stereocenters. The number of halogens is 2. The molecule has 0 unspecified atom stereocenters. The van der Waals surface area contributed by atoms with Crippen LogP contribution in [0.4, 0.5) is 8.78 Å². The number of piperidine rings is 1. The summed E-state index contributed by atoms with van der Waals surface area (Å²) in [6, 6.07) is -0.177. The van der Waals surface area contributed by atoms with E-state index in [0.717, 1.165) is 43.1 Å². The molecule has 0 aromatic rings. The maximum absolute atomic E-state index is 12.6. The Morgan fingerprint density at radius 3 is 2.24 bits per heavy atom. The molecule has 2 fully saturated rings. The van der Waals surface area contributed by atoms with Crippen molar-refractivity contribution < 1.29 is 17.2 Å². The summed E-state index contributed by atoms with van der Waals surface area (Å²) in [5.74, 6) is -3.07. The summed E-state index contributed by atoms with van der Waals surface area (Å²) < 4.78 is 49.3. The van der Waals surface area contributed by atoms with Gasteiger partial charge in [-0.05, 0) is 44.7 Å². The fourth-order valence-corrected chi connectivity index (χ4v) is 3.49. The van der Waals surface area contributed by atoms with E-state index in [1.54, 1.807) is 0 Å². The van der Waals surface area contributed by atoms with Gasteiger partial charge in [-0.1, -0.05) is 0 Å². The van der Waals surface area contributed by atoms with Gasteiger partial charge in [-0.15, -0.1) is 0 Å². The molecule has 0 radical (unpaired) electrons. The van der Waals surface area contributed by atoms with Crippen molar-refractivity contribution in [3.05, 3.63) is 0 Å². The lowest BCUT2D eigenvalue weighted by Crippen LogP contribution is -2.42. The minimum Gasteiger partial charge on any atom is -0.317 e. The smallest absolute Gasteiger partial charge is 0.317 e. The Balaban J connectivity index is 2.02. The molecule has 4 nitrogen and oxygen atoms in total. The third-order valence-electron chi connectivity index (χ3n) is 3.40. The van der Waals surface area contributed by atoms with E-state index in [9.17, 15) is 17.2 Å². The summed E-state index contributed by atoms with van der Waals surface area (Å²) in [5, 5.41) is 3.18. The van der Waals surface area contributed by atoms with Gasteiger partial charge in [-0.25, -0.2) is 8.42 Å². The molecule has 100 valence electrons. The molecular weight excluding hydrogens is 250 g/mol. The molecule has 0 aromatic carbocycles. The normalized spacial score (nSPS) is 23.5. The summed E-state index contributed by atoms with van der Waals surface area (Å²) in [5.41, 5.74) is 0. The van der Waals surface area contributed by atoms with Crippen molar-refractivity contribution in [1.29, 1.82) is 0 Å². The van der Waals surface area contributed by atoms with Crippen LogP contribution < -0.4 is 5.32 Å². The van der Waals surface area contributed by atoms with Crippen molar-refractivity contribution in [3.63, 3.8) is 0 Å². The first-order chi connectivity index (χ1) is 8.01. The molecule has 1 N–H and O–H groups in total. The molecule has 2 rings (SSSR count). The van der Waals surface area contributed by atoms with E-state index >= 15 is 0 Å². The first-order valence-electron chi connectivity index (χ1n) is 6.01. The van der Waals surface area contributed by atoms with Gasteiger partial charge in [0.25, 0.3) is 10.0 Å². The highest BCUT2D eigenvalue weighted by atomic mass is 32.2. The topological polar surface area (TPSA) is 49.4 Å². The summed E-state index contributed by atoms with van der Waals surface area (Å²) in [6.45, 7) is 1.95. The van der Waals surface area contributed by atoms with Crippen LogP contribution in [0, 0.1) is 5.92 Å². The first kappa shape index (κ1) is 13.2. The zero-order valence-electron chi connectivity index (χ0n) is 9.61. The van der Waals surface area contributed by atoms with Crippen LogP contribution in [0.25, 0.3) is 0 Å². The Labute approximate surface area is 100 Å². The van der Waals surface area contributed by atoms with Gasteiger partial charge >= 0.3 is 5.76 Å². The fraction of sp³-hybridized carbons (Fsp3) is 1.00. The predicted molar refractivity (Wildman–Crippen MR) is 60.2 cm³/mol. The molecule has 1 saturated heterocycles. The van der Waals surface area contributed by atoms with Crippen LogP contribution in [0.15, 0.2) is 0 Å². The second-order valence-electron chi connectivity index (χ2n) is 4.80. The van der Waals surface area contributed by atoms with Crippen LogP contribution in [0.3, 0.4) is 0 Å². The minimum absolute atomic E-state index is 0.177. The van der Waals surface area contributed by atoms with Crippen molar-refractivity contribution in [1.82, 2.24) is 9.62 Å². The van der Waals surface area contributed by atoms with E-state index in [2.05, 4.69) is 5.32 Å². The van der Waals surface area contributed by atoms with E-state index in [1.807, 2.05) is 0 Å². The Morgan fingerprint density at radius 1 is 1.18 bits per heavy atom. The van der Waals surface area contributed by atoms with Gasteiger partial charge in [0.15, 0.2) is 0 Å². The highest BCUT2D eigenvalue weighted by Crippen LogP contribution is 2.33. The maximum atomic E-state index is 12.6. The number of rotatable bonds is 5. The largest absolute Gasteiger partial charge is 0.350 e. The van der Waals surface area contributed by atoms with E-state index in [0.29, 0.717) is 0 Å². The summed E-state index contributed by atoms with van der Waals surface area (Å²) in [7, 11) is -4.40. The quantitative estimate of drug-likeness (QED) is 0.809. The van der Waals surface area contributed by atoms with Crippen molar-refractivity contribution in [3.8, 4) is 0 Å². The van der Waals surface area contributed by atoms with E-state index < -0.39 is 15.8 Å². The number of alkyl halides is 2. The van der Waals surface area contributed by atoms with Crippen LogP contribution in [-0.4, -0.2) is 44.2 Å². The molecule has 2 aliphatic rings. The molecule has 0 spiro atoms. The fourth-order valence-electron chi connectivity index (χ4n) is 2.24. The number of hydrogen-bond acceptors (Lipinski definition) is 3. The lowest BCUT2D eigenvalue weighted by Gasteiger charge is -2.29. The highest BCUT2D eigenvalue weighted by molar-refractivity contribution is 7.89. The van der Waals surface area contributed by atoms with Crippen LogP contribution >= 0.6 is 0 Å². The first-order valence-corrected chi connectivity index (χ1v) is 7.51. The van der Waals surface area contributed by atoms with Crippen LogP contribution in [0.5, 0.6) is 0 Å². The number of nitrogens with zero attached hydrogens (tertiary/aromatic N) is 1. The lowest BCUT2D eigenvalue weighted by atomic mass is 9.98. The summed E-state index contributed by atoms with van der Waals surface area (Å²) in [6.07, 6.45) is 3.16. The molecule has 0 amide bonds. The van der Waals surface area contributed by atoms with Gasteiger partial charge in [-0.2, -0.15) is 13.1 Å². The molecule has 1 saturated carbocycles. The molecule has 17 heavy (non-hydrogen) atoms. The zero-order chi connectivity index (χ0) is 12.5. The van der Waals surface area contributed by atoms with Gasteiger partial charge in [0.1, 0.15) is 0 Å². The van der Waals surface area contributed by atoms with E-state index in [1.165, 1.54) is 0 Å². The molecular formula is C10H18F2N2O2S. The highest BCUT2D eigenvalue weighted by Gasteiger charge is 2.42. The van der Waals surface area contributed by atoms with Crippen LogP contribution in [-0.2, 0) is 10.0 Å². The Bertz CT molecular complexity index is 351. The van der Waals surface area contributed by atoms with Crippen LogP contribution in [0.1, 0.15) is 25.7 Å². The Morgan fingerprint density at radius 2 is 1.76 bits per heavy atom. The van der Waals surface area contributed by atoms with E-state index in [-0.39, 0.29) is 18.5 Å². The van der Waals surface area contributed by atoms with Crippen molar-refractivity contribution in [2.45, 2.75) is 37.5 Å². The maximum Gasteiger partial charge on any atom is 0.350 e. The number of nitrogens with one attached hydrogen (secondary N) is 1. The van der Waals surface area contributed by atoms with Gasteiger partial charge in [0, 0.05) is 12.6 Å². The molecule has 1 heterocycles. The van der Waals surface area contributed by atoms with Crippen molar-refractivity contribution in [2.24, 2.45) is 5.92 Å². The number of sulfonamides is 1. The molecule has 1 aliphatic carbocycles. The Kier molecular flexibility index (Phi) is 3.99. The second kappa shape index (κ2) is 5.16. The lowest BCUT2D eigenvalue weighted by molar-refractivity contribution is 0.207. The van der Waals surface area contributed by atoms with Gasteiger partial charge in [0.05, 0.1) is 0 Å². The summed E-state index contributed by atoms with van der Waals surface area (Å²) in [4.78, 5) is 0. The SMILES string of the molecule is O=S(=O)(C(F)F)N(CC1CCNCC1)C1CC1. The standard InChI is InChI=1S/C10H18F2N2O2S/c11-10(12)17(15,16)14(9-1-2-9)7-8-3-5-13-6-4-8/h8-10,13H,1-7H2.